The number of halogens is 1. The zero-order chi connectivity index (χ0) is 14.7. The van der Waals surface area contributed by atoms with Crippen molar-refractivity contribution in [3.63, 3.8) is 0 Å². The Hall–Kier alpha value is -2.26. The third-order valence-electron chi connectivity index (χ3n) is 2.22. The Morgan fingerprint density at radius 2 is 2.35 bits per heavy atom. The zero-order valence-electron chi connectivity index (χ0n) is 9.74. The maximum Gasteiger partial charge on any atom is 0.355 e. The maximum absolute atomic E-state index is 10.7. The highest BCUT2D eigenvalue weighted by Gasteiger charge is 2.12. The predicted molar refractivity (Wildman–Crippen MR) is 72.3 cm³/mol. The van der Waals surface area contributed by atoms with E-state index >= 15 is 0 Å². The van der Waals surface area contributed by atoms with Gasteiger partial charge in [-0.2, -0.15) is 0 Å². The second-order valence-electron chi connectivity index (χ2n) is 3.57. The number of carbonyl (C=O) groups is 1. The lowest BCUT2D eigenvalue weighted by Gasteiger charge is -2.04. The predicted octanol–water partition coefficient (Wildman–Crippen LogP) is 2.41. The smallest absolute Gasteiger partial charge is 0.355 e. The van der Waals surface area contributed by atoms with Gasteiger partial charge in [-0.1, -0.05) is 11.6 Å². The highest BCUT2D eigenvalue weighted by atomic mass is 35.5. The number of rotatable bonds is 5. The van der Waals surface area contributed by atoms with Gasteiger partial charge in [0.1, 0.15) is 17.0 Å². The van der Waals surface area contributed by atoms with E-state index in [0.717, 1.165) is 6.20 Å². The summed E-state index contributed by atoms with van der Waals surface area (Å²) in [6, 6.07) is 1.18. The molecule has 20 heavy (non-hydrogen) atoms. The quantitative estimate of drug-likeness (QED) is 0.642. The molecule has 0 spiro atoms. The average Bonchev–Trinajstić information content (AvgIpc) is 2.86. The van der Waals surface area contributed by atoms with Crippen LogP contribution in [0, 0.1) is 10.1 Å². The number of hydrogen-bond acceptors (Lipinski definition) is 7. The Kier molecular flexibility index (Phi) is 4.11. The monoisotopic (exact) mass is 314 g/mol. The van der Waals surface area contributed by atoms with Gasteiger partial charge in [-0.3, -0.25) is 10.1 Å². The molecular formula is C10H7ClN4O4S. The van der Waals surface area contributed by atoms with Crippen LogP contribution in [0.2, 0.25) is 5.02 Å². The van der Waals surface area contributed by atoms with Gasteiger partial charge in [-0.25, -0.2) is 14.8 Å². The average molecular weight is 315 g/mol. The molecule has 8 nitrogen and oxygen atoms in total. The Morgan fingerprint density at radius 1 is 1.60 bits per heavy atom. The summed E-state index contributed by atoms with van der Waals surface area (Å²) >= 11 is 7.03. The molecule has 0 saturated carbocycles. The van der Waals surface area contributed by atoms with Crippen LogP contribution >= 0.6 is 22.9 Å². The van der Waals surface area contributed by atoms with Crippen LogP contribution in [0.1, 0.15) is 15.5 Å². The fourth-order valence-corrected chi connectivity index (χ4v) is 2.24. The van der Waals surface area contributed by atoms with Crippen LogP contribution < -0.4 is 5.32 Å². The highest BCUT2D eigenvalue weighted by Crippen LogP contribution is 2.24. The van der Waals surface area contributed by atoms with Crippen LogP contribution in [0.5, 0.6) is 0 Å². The molecule has 2 heterocycles. The van der Waals surface area contributed by atoms with Crippen LogP contribution in [-0.2, 0) is 6.54 Å². The van der Waals surface area contributed by atoms with Crippen molar-refractivity contribution >= 4 is 40.4 Å². The van der Waals surface area contributed by atoms with Crippen molar-refractivity contribution in [1.29, 1.82) is 0 Å². The molecule has 0 saturated heterocycles. The molecule has 2 aromatic heterocycles. The van der Waals surface area contributed by atoms with Gasteiger partial charge in [-0.05, 0) is 0 Å². The minimum absolute atomic E-state index is 0.0328. The summed E-state index contributed by atoms with van der Waals surface area (Å²) in [5.41, 5.74) is -0.238. The number of aromatic carboxylic acids is 1. The number of nitro groups is 1. The molecule has 0 aliphatic carbocycles. The molecule has 0 unspecified atom stereocenters. The summed E-state index contributed by atoms with van der Waals surface area (Å²) in [5.74, 6) is -0.830. The Labute approximate surface area is 121 Å². The number of aromatic nitrogens is 2. The van der Waals surface area contributed by atoms with Crippen LogP contribution in [-0.4, -0.2) is 26.0 Å². The first-order valence-electron chi connectivity index (χ1n) is 5.19. The number of nitrogens with one attached hydrogen (secondary N) is 1. The molecule has 0 radical (unpaired) electrons. The molecule has 0 bridgehead atoms. The summed E-state index contributed by atoms with van der Waals surface area (Å²) in [6.07, 6.45) is 1.08. The summed E-state index contributed by atoms with van der Waals surface area (Å²) in [4.78, 5) is 28.3. The Bertz CT molecular complexity index is 675. The van der Waals surface area contributed by atoms with Gasteiger partial charge in [0.2, 0.25) is 0 Å². The van der Waals surface area contributed by atoms with Crippen molar-refractivity contribution in [2.75, 3.05) is 5.32 Å². The van der Waals surface area contributed by atoms with Crippen molar-refractivity contribution in [3.05, 3.63) is 43.5 Å². The topological polar surface area (TPSA) is 118 Å². The van der Waals surface area contributed by atoms with E-state index in [4.69, 9.17) is 16.7 Å². The standard InChI is InChI=1S/C10H7ClN4O4S/c11-6-1-5(15(18)19)2-12-9(6)13-3-8-14-7(4-20-8)10(16)17/h1-2,4H,3H2,(H,12,13)(H,16,17). The van der Waals surface area contributed by atoms with Gasteiger partial charge in [-0.15, -0.1) is 11.3 Å². The number of carboxylic acids is 1. The van der Waals surface area contributed by atoms with Gasteiger partial charge in [0.15, 0.2) is 5.69 Å². The second-order valence-corrected chi connectivity index (χ2v) is 4.92. The second kappa shape index (κ2) is 5.80. The third-order valence-corrected chi connectivity index (χ3v) is 3.35. The van der Waals surface area contributed by atoms with Crippen LogP contribution in [0.15, 0.2) is 17.6 Å². The first-order chi connectivity index (χ1) is 9.47. The van der Waals surface area contributed by atoms with Gasteiger partial charge >= 0.3 is 5.97 Å². The summed E-state index contributed by atoms with van der Waals surface area (Å²) in [7, 11) is 0. The van der Waals surface area contributed by atoms with E-state index < -0.39 is 10.9 Å². The van der Waals surface area contributed by atoms with E-state index in [1.807, 2.05) is 0 Å². The van der Waals surface area contributed by atoms with Crippen molar-refractivity contribution < 1.29 is 14.8 Å². The summed E-state index contributed by atoms with van der Waals surface area (Å²) in [6.45, 7) is 0.225. The van der Waals surface area contributed by atoms with Crippen molar-refractivity contribution in [2.45, 2.75) is 6.54 Å². The fourth-order valence-electron chi connectivity index (χ4n) is 1.31. The van der Waals surface area contributed by atoms with E-state index in [1.165, 1.54) is 22.8 Å². The molecule has 104 valence electrons. The number of nitrogens with zero attached hydrogens (tertiary/aromatic N) is 3. The largest absolute Gasteiger partial charge is 0.476 e. The van der Waals surface area contributed by atoms with Crippen molar-refractivity contribution in [2.24, 2.45) is 0 Å². The summed E-state index contributed by atoms with van der Waals surface area (Å²) in [5, 5.41) is 24.2. The van der Waals surface area contributed by atoms with E-state index in [1.54, 1.807) is 0 Å². The molecule has 2 N–H and O–H groups in total. The normalized spacial score (nSPS) is 10.2. The lowest BCUT2D eigenvalue weighted by Crippen LogP contribution is -2.03. The van der Waals surface area contributed by atoms with E-state index in [0.29, 0.717) is 5.01 Å². The minimum atomic E-state index is -1.10. The first kappa shape index (κ1) is 14.2. The summed E-state index contributed by atoms with van der Waals surface area (Å²) < 4.78 is 0. The molecule has 0 aliphatic rings. The number of carboxylic acid groups (broad SMARTS) is 1. The molecule has 0 aliphatic heterocycles. The van der Waals surface area contributed by atoms with Crippen molar-refractivity contribution in [1.82, 2.24) is 9.97 Å². The zero-order valence-corrected chi connectivity index (χ0v) is 11.3. The maximum atomic E-state index is 10.7. The minimum Gasteiger partial charge on any atom is -0.476 e. The Balaban J connectivity index is 2.06. The SMILES string of the molecule is O=C(O)c1csc(CNc2ncc([N+](=O)[O-])cc2Cl)n1. The van der Waals surface area contributed by atoms with Crippen LogP contribution in [0.25, 0.3) is 0 Å². The molecular weight excluding hydrogens is 308 g/mol. The Morgan fingerprint density at radius 3 is 2.90 bits per heavy atom. The molecule has 10 heteroatoms. The molecule has 0 fully saturated rings. The lowest BCUT2D eigenvalue weighted by atomic mass is 10.4. The van der Waals surface area contributed by atoms with Gasteiger partial charge in [0.05, 0.1) is 16.5 Å². The molecule has 2 rings (SSSR count). The van der Waals surface area contributed by atoms with Gasteiger partial charge < -0.3 is 10.4 Å². The van der Waals surface area contributed by atoms with Crippen LogP contribution in [0.3, 0.4) is 0 Å². The lowest BCUT2D eigenvalue weighted by molar-refractivity contribution is -0.385. The molecule has 0 atom stereocenters. The van der Waals surface area contributed by atoms with Gasteiger partial charge in [0.25, 0.3) is 5.69 Å². The molecule has 0 amide bonds. The van der Waals surface area contributed by atoms with E-state index in [-0.39, 0.29) is 28.8 Å². The van der Waals surface area contributed by atoms with E-state index in [2.05, 4.69) is 15.3 Å². The number of anilines is 1. The fraction of sp³-hybridized carbons (Fsp3) is 0.100. The highest BCUT2D eigenvalue weighted by molar-refractivity contribution is 7.09. The molecule has 0 aromatic carbocycles. The van der Waals surface area contributed by atoms with Crippen molar-refractivity contribution in [3.8, 4) is 0 Å². The van der Waals surface area contributed by atoms with Crippen LogP contribution in [0.4, 0.5) is 11.5 Å². The molecule has 2 aromatic rings. The third kappa shape index (κ3) is 3.19. The first-order valence-corrected chi connectivity index (χ1v) is 6.44. The van der Waals surface area contributed by atoms with E-state index in [9.17, 15) is 14.9 Å². The van der Waals surface area contributed by atoms with Gasteiger partial charge in [0, 0.05) is 11.4 Å². The number of hydrogen-bond donors (Lipinski definition) is 2. The number of thiazole rings is 1. The number of pyridine rings is 1.